The molecule has 0 spiro atoms. The fourth-order valence-electron chi connectivity index (χ4n) is 1.69. The average Bonchev–Trinajstić information content (AvgIpc) is 2.58. The summed E-state index contributed by atoms with van der Waals surface area (Å²) in [6, 6.07) is 7.71. The molecule has 0 aromatic heterocycles. The molecule has 0 amide bonds. The van der Waals surface area contributed by atoms with Crippen LogP contribution in [0.5, 0.6) is 0 Å². The molecule has 0 aliphatic carbocycles. The highest BCUT2D eigenvalue weighted by atomic mass is 79.9. The Morgan fingerprint density at radius 2 is 1.63 bits per heavy atom. The van der Waals surface area contributed by atoms with Crippen LogP contribution in [0.2, 0.25) is 0 Å². The molecule has 2 rings (SSSR count). The highest BCUT2D eigenvalue weighted by molar-refractivity contribution is 9.10. The van der Waals surface area contributed by atoms with E-state index in [0.29, 0.717) is 6.42 Å². The van der Waals surface area contributed by atoms with Gasteiger partial charge in [0.25, 0.3) is 11.6 Å². The second kappa shape index (κ2) is 5.60. The first-order valence-corrected chi connectivity index (χ1v) is 6.30. The SMILES string of the molecule is [C-]#[N+]C1=C([N+]#[C-])N=C(c2ccc(Br)cc2)CC(C)=N1. The maximum Gasteiger partial charge on any atom is 0.293 e. The van der Waals surface area contributed by atoms with Crippen molar-refractivity contribution in [3.63, 3.8) is 0 Å². The first kappa shape index (κ1) is 13.2. The quantitative estimate of drug-likeness (QED) is 0.701. The van der Waals surface area contributed by atoms with E-state index in [4.69, 9.17) is 13.1 Å². The lowest BCUT2D eigenvalue weighted by Crippen LogP contribution is -2.05. The van der Waals surface area contributed by atoms with Crippen LogP contribution in [0.25, 0.3) is 9.69 Å². The van der Waals surface area contributed by atoms with Gasteiger partial charge in [-0.25, -0.2) is 0 Å². The summed E-state index contributed by atoms with van der Waals surface area (Å²) in [7, 11) is 0. The lowest BCUT2D eigenvalue weighted by atomic mass is 10.1. The Morgan fingerprint density at radius 3 is 2.21 bits per heavy atom. The first-order valence-electron chi connectivity index (χ1n) is 5.51. The monoisotopic (exact) mass is 312 g/mol. The van der Waals surface area contributed by atoms with E-state index in [0.717, 1.165) is 21.5 Å². The molecule has 92 valence electrons. The molecule has 19 heavy (non-hydrogen) atoms. The number of hydrogen-bond acceptors (Lipinski definition) is 2. The molecule has 0 saturated carbocycles. The third-order valence-electron chi connectivity index (χ3n) is 2.55. The molecule has 1 aliphatic heterocycles. The Labute approximate surface area is 120 Å². The molecule has 5 heteroatoms. The molecular weight excluding hydrogens is 304 g/mol. The largest absolute Gasteiger partial charge is 0.370 e. The van der Waals surface area contributed by atoms with Crippen molar-refractivity contribution in [2.75, 3.05) is 0 Å². The zero-order valence-corrected chi connectivity index (χ0v) is 11.8. The van der Waals surface area contributed by atoms with Crippen molar-refractivity contribution in [3.8, 4) is 0 Å². The maximum atomic E-state index is 7.12. The van der Waals surface area contributed by atoms with Crippen molar-refractivity contribution in [1.29, 1.82) is 0 Å². The minimum absolute atomic E-state index is 0.0600. The van der Waals surface area contributed by atoms with Crippen LogP contribution >= 0.6 is 15.9 Å². The van der Waals surface area contributed by atoms with Gasteiger partial charge in [0, 0.05) is 10.0 Å². The van der Waals surface area contributed by atoms with E-state index in [9.17, 15) is 0 Å². The minimum atomic E-state index is 0.0600. The molecule has 4 nitrogen and oxygen atoms in total. The molecular formula is C14H9BrN4. The van der Waals surface area contributed by atoms with E-state index in [-0.39, 0.29) is 11.6 Å². The van der Waals surface area contributed by atoms with Crippen molar-refractivity contribution in [1.82, 2.24) is 0 Å². The molecule has 1 aromatic rings. The predicted molar refractivity (Wildman–Crippen MR) is 78.6 cm³/mol. The average molecular weight is 313 g/mol. The molecule has 1 heterocycles. The number of benzene rings is 1. The summed E-state index contributed by atoms with van der Waals surface area (Å²) in [6.07, 6.45) is 0.541. The number of rotatable bonds is 1. The van der Waals surface area contributed by atoms with Crippen molar-refractivity contribution in [3.05, 3.63) is 68.8 Å². The number of nitrogens with zero attached hydrogens (tertiary/aromatic N) is 4. The molecule has 0 unspecified atom stereocenters. The van der Waals surface area contributed by atoms with Crippen LogP contribution in [0.15, 0.2) is 50.4 Å². The van der Waals surface area contributed by atoms with Gasteiger partial charge in [0.2, 0.25) is 0 Å². The van der Waals surface area contributed by atoms with Crippen LogP contribution < -0.4 is 0 Å². The Morgan fingerprint density at radius 1 is 1.05 bits per heavy atom. The van der Waals surface area contributed by atoms with Gasteiger partial charge in [-0.1, -0.05) is 29.1 Å². The second-order valence-electron chi connectivity index (χ2n) is 3.96. The molecule has 1 aliphatic rings. The van der Waals surface area contributed by atoms with Crippen molar-refractivity contribution < 1.29 is 0 Å². The van der Waals surface area contributed by atoms with Gasteiger partial charge in [0.05, 0.1) is 6.42 Å². The number of halogens is 1. The topological polar surface area (TPSA) is 33.4 Å². The van der Waals surface area contributed by atoms with Crippen LogP contribution in [0.1, 0.15) is 18.9 Å². The van der Waals surface area contributed by atoms with Gasteiger partial charge in [-0.15, -0.1) is 9.98 Å². The molecule has 0 saturated heterocycles. The summed E-state index contributed by atoms with van der Waals surface area (Å²) >= 11 is 3.38. The second-order valence-corrected chi connectivity index (χ2v) is 4.88. The highest BCUT2D eigenvalue weighted by Gasteiger charge is 2.19. The van der Waals surface area contributed by atoms with E-state index in [1.807, 2.05) is 31.2 Å². The lowest BCUT2D eigenvalue weighted by Gasteiger charge is -2.00. The molecule has 0 bridgehead atoms. The zero-order chi connectivity index (χ0) is 13.8. The number of aliphatic imine (C=N–C) groups is 2. The van der Waals surface area contributed by atoms with Crippen LogP contribution in [0, 0.1) is 13.1 Å². The molecule has 0 fully saturated rings. The highest BCUT2D eigenvalue weighted by Crippen LogP contribution is 2.20. The van der Waals surface area contributed by atoms with E-state index >= 15 is 0 Å². The van der Waals surface area contributed by atoms with E-state index in [1.54, 1.807) is 0 Å². The van der Waals surface area contributed by atoms with Crippen LogP contribution in [-0.4, -0.2) is 11.4 Å². The van der Waals surface area contributed by atoms with Gasteiger partial charge < -0.3 is 9.69 Å². The predicted octanol–water partition coefficient (Wildman–Crippen LogP) is 4.07. The van der Waals surface area contributed by atoms with Crippen LogP contribution in [-0.2, 0) is 0 Å². The van der Waals surface area contributed by atoms with Gasteiger partial charge in [-0.2, -0.15) is 0 Å². The zero-order valence-electron chi connectivity index (χ0n) is 10.2. The summed E-state index contributed by atoms with van der Waals surface area (Å²) in [5.41, 5.74) is 2.48. The molecule has 0 radical (unpaired) electrons. The van der Waals surface area contributed by atoms with Crippen molar-refractivity contribution >= 4 is 27.4 Å². The fraction of sp³-hybridized carbons (Fsp3) is 0.143. The summed E-state index contributed by atoms with van der Waals surface area (Å²) in [6.45, 7) is 16.0. The first-order chi connectivity index (χ1) is 9.13. The Balaban J connectivity index is 2.54. The smallest absolute Gasteiger partial charge is 0.293 e. The maximum absolute atomic E-state index is 7.12. The van der Waals surface area contributed by atoms with Crippen molar-refractivity contribution in [2.45, 2.75) is 13.3 Å². The summed E-state index contributed by atoms with van der Waals surface area (Å²) in [5.74, 6) is 0.129. The minimum Gasteiger partial charge on any atom is -0.370 e. The molecule has 0 N–H and O–H groups in total. The standard InChI is InChI=1S/C14H9BrN4/c1-9-8-12(10-4-6-11(15)7-5-10)19-14(17-3)13(16-2)18-9/h4-7H,8H2,1H3. The van der Waals surface area contributed by atoms with Gasteiger partial charge in [0.1, 0.15) is 11.4 Å². The Hall–Kier alpha value is -2.24. The summed E-state index contributed by atoms with van der Waals surface area (Å²) < 4.78 is 0.985. The summed E-state index contributed by atoms with van der Waals surface area (Å²) in [5, 5.41) is 0. The third-order valence-corrected chi connectivity index (χ3v) is 3.08. The molecule has 0 atom stereocenters. The van der Waals surface area contributed by atoms with E-state index in [2.05, 4.69) is 35.6 Å². The van der Waals surface area contributed by atoms with Gasteiger partial charge in [0.15, 0.2) is 0 Å². The number of hydrogen-bond donors (Lipinski definition) is 0. The third kappa shape index (κ3) is 2.96. The van der Waals surface area contributed by atoms with Gasteiger partial charge >= 0.3 is 0 Å². The van der Waals surface area contributed by atoms with Crippen molar-refractivity contribution in [2.24, 2.45) is 9.98 Å². The van der Waals surface area contributed by atoms with Gasteiger partial charge in [-0.05, 0) is 31.2 Å². The van der Waals surface area contributed by atoms with Crippen LogP contribution in [0.4, 0.5) is 0 Å². The molecule has 1 aromatic carbocycles. The van der Waals surface area contributed by atoms with E-state index in [1.165, 1.54) is 0 Å². The van der Waals surface area contributed by atoms with E-state index < -0.39 is 0 Å². The Kier molecular flexibility index (Phi) is 3.89. The summed E-state index contributed by atoms with van der Waals surface area (Å²) in [4.78, 5) is 15.0. The lowest BCUT2D eigenvalue weighted by molar-refractivity contribution is 1.27. The fourth-order valence-corrected chi connectivity index (χ4v) is 1.95. The Bertz CT molecular complexity index is 682. The normalized spacial score (nSPS) is 14.9. The van der Waals surface area contributed by atoms with Gasteiger partial charge in [-0.3, -0.25) is 0 Å². The van der Waals surface area contributed by atoms with Crippen LogP contribution in [0.3, 0.4) is 0 Å².